The van der Waals surface area contributed by atoms with Crippen molar-refractivity contribution in [2.75, 3.05) is 12.9 Å². The van der Waals surface area contributed by atoms with Crippen LogP contribution < -0.4 is 11.1 Å². The Morgan fingerprint density at radius 3 is 2.53 bits per heavy atom. The molecule has 0 spiro atoms. The van der Waals surface area contributed by atoms with Crippen LogP contribution >= 0.6 is 11.8 Å². The molecule has 1 rings (SSSR count). The second-order valence-electron chi connectivity index (χ2n) is 4.94. The minimum absolute atomic E-state index is 0.0335. The van der Waals surface area contributed by atoms with Crippen LogP contribution in [0.1, 0.15) is 39.0 Å². The lowest BCUT2D eigenvalue weighted by Crippen LogP contribution is -2.58. The van der Waals surface area contributed by atoms with E-state index in [-0.39, 0.29) is 23.8 Å². The van der Waals surface area contributed by atoms with Gasteiger partial charge in [-0.25, -0.2) is 0 Å². The van der Waals surface area contributed by atoms with Crippen LogP contribution in [0.15, 0.2) is 0 Å². The van der Waals surface area contributed by atoms with Crippen LogP contribution in [0.2, 0.25) is 0 Å². The van der Waals surface area contributed by atoms with Crippen LogP contribution in [-0.4, -0.2) is 40.7 Å². The highest BCUT2D eigenvalue weighted by molar-refractivity contribution is 7.99. The smallest absolute Gasteiger partial charge is 0.240 e. The minimum atomic E-state index is -0.690. The van der Waals surface area contributed by atoms with E-state index in [1.165, 1.54) is 6.42 Å². The number of carbonyl (C=O) groups excluding carboxylic acids is 1. The van der Waals surface area contributed by atoms with Crippen molar-refractivity contribution < 1.29 is 9.90 Å². The third-order valence-corrected chi connectivity index (χ3v) is 4.76. The molecule has 1 aliphatic carbocycles. The minimum Gasteiger partial charge on any atom is -0.395 e. The fourth-order valence-electron chi connectivity index (χ4n) is 2.29. The molecule has 17 heavy (non-hydrogen) atoms. The van der Waals surface area contributed by atoms with Gasteiger partial charge in [0, 0.05) is 11.3 Å². The molecule has 1 amide bonds. The van der Waals surface area contributed by atoms with Crippen molar-refractivity contribution in [3.63, 3.8) is 0 Å². The van der Waals surface area contributed by atoms with Crippen molar-refractivity contribution in [3.8, 4) is 0 Å². The molecule has 4 nitrogen and oxygen atoms in total. The van der Waals surface area contributed by atoms with E-state index in [0.29, 0.717) is 0 Å². The van der Waals surface area contributed by atoms with Crippen LogP contribution in [0.5, 0.6) is 0 Å². The monoisotopic (exact) mass is 260 g/mol. The van der Waals surface area contributed by atoms with Gasteiger partial charge in [-0.15, -0.1) is 0 Å². The van der Waals surface area contributed by atoms with Crippen LogP contribution in [0.25, 0.3) is 0 Å². The van der Waals surface area contributed by atoms with Crippen molar-refractivity contribution >= 4 is 17.7 Å². The fourth-order valence-corrected chi connectivity index (χ4v) is 2.92. The summed E-state index contributed by atoms with van der Waals surface area (Å²) in [5.41, 5.74) is 5.46. The van der Waals surface area contributed by atoms with E-state index in [1.807, 2.05) is 13.2 Å². The first-order chi connectivity index (χ1) is 8.03. The molecular weight excluding hydrogens is 236 g/mol. The molecule has 5 heteroatoms. The second-order valence-corrected chi connectivity index (χ2v) is 6.01. The Morgan fingerprint density at radius 1 is 1.47 bits per heavy atom. The van der Waals surface area contributed by atoms with Gasteiger partial charge in [-0.2, -0.15) is 11.8 Å². The third-order valence-electron chi connectivity index (χ3n) is 3.60. The molecule has 0 saturated heterocycles. The topological polar surface area (TPSA) is 75.3 Å². The largest absolute Gasteiger partial charge is 0.395 e. The summed E-state index contributed by atoms with van der Waals surface area (Å²) in [6.45, 7) is 1.99. The molecule has 0 heterocycles. The normalized spacial score (nSPS) is 22.8. The van der Waals surface area contributed by atoms with Crippen molar-refractivity contribution in [1.29, 1.82) is 0 Å². The molecule has 0 aliphatic heterocycles. The molecule has 0 radical (unpaired) electrons. The lowest BCUT2D eigenvalue weighted by atomic mass is 9.81. The summed E-state index contributed by atoms with van der Waals surface area (Å²) in [5, 5.41) is 12.2. The lowest BCUT2D eigenvalue weighted by Gasteiger charge is -2.34. The molecule has 2 atom stereocenters. The number of amides is 1. The number of rotatable bonds is 5. The Kier molecular flexibility index (Phi) is 5.76. The van der Waals surface area contributed by atoms with Crippen molar-refractivity contribution in [1.82, 2.24) is 5.32 Å². The second kappa shape index (κ2) is 6.61. The molecule has 0 aromatic heterocycles. The van der Waals surface area contributed by atoms with Crippen LogP contribution in [-0.2, 0) is 4.79 Å². The van der Waals surface area contributed by atoms with E-state index in [4.69, 9.17) is 5.73 Å². The summed E-state index contributed by atoms with van der Waals surface area (Å²) < 4.78 is 0. The number of aliphatic hydroxyl groups is 1. The highest BCUT2D eigenvalue weighted by atomic mass is 32.2. The molecule has 0 bridgehead atoms. The number of hydrogen-bond donors (Lipinski definition) is 3. The third kappa shape index (κ3) is 3.86. The highest BCUT2D eigenvalue weighted by Gasteiger charge is 2.36. The number of carbonyl (C=O) groups is 1. The van der Waals surface area contributed by atoms with E-state index < -0.39 is 5.54 Å². The Bertz CT molecular complexity index is 251. The fraction of sp³-hybridized carbons (Fsp3) is 0.917. The molecule has 2 unspecified atom stereocenters. The summed E-state index contributed by atoms with van der Waals surface area (Å²) in [5.74, 6) is -0.0581. The van der Waals surface area contributed by atoms with E-state index in [0.717, 1.165) is 25.7 Å². The summed E-state index contributed by atoms with van der Waals surface area (Å²) >= 11 is 1.56. The summed E-state index contributed by atoms with van der Waals surface area (Å²) in [6.07, 6.45) is 6.71. The predicted molar refractivity (Wildman–Crippen MR) is 72.0 cm³/mol. The first-order valence-electron chi connectivity index (χ1n) is 6.27. The maximum Gasteiger partial charge on any atom is 0.240 e. The highest BCUT2D eigenvalue weighted by Crippen LogP contribution is 2.26. The molecular formula is C12H24N2O2S. The quantitative estimate of drug-likeness (QED) is 0.686. The molecule has 0 aromatic rings. The van der Waals surface area contributed by atoms with Gasteiger partial charge in [0.15, 0.2) is 0 Å². The molecule has 100 valence electrons. The molecule has 0 aromatic carbocycles. The van der Waals surface area contributed by atoms with Gasteiger partial charge in [0.25, 0.3) is 0 Å². The average molecular weight is 260 g/mol. The van der Waals surface area contributed by atoms with E-state index in [2.05, 4.69) is 5.32 Å². The standard InChI is InChI=1S/C12H24N2O2S/c1-9(10(8-15)17-2)14-11(16)12(13)6-4-3-5-7-12/h9-10,15H,3-8,13H2,1-2H3,(H,14,16). The molecule has 1 saturated carbocycles. The van der Waals surface area contributed by atoms with E-state index in [1.54, 1.807) is 11.8 Å². The summed E-state index contributed by atoms with van der Waals surface area (Å²) in [7, 11) is 0. The van der Waals surface area contributed by atoms with Gasteiger partial charge in [0.1, 0.15) is 0 Å². The average Bonchev–Trinajstić information content (AvgIpc) is 2.31. The Balaban J connectivity index is 2.52. The number of hydrogen-bond acceptors (Lipinski definition) is 4. The molecule has 1 aliphatic rings. The van der Waals surface area contributed by atoms with Crippen molar-refractivity contribution in [3.05, 3.63) is 0 Å². The predicted octanol–water partition coefficient (Wildman–Crippen LogP) is 0.877. The zero-order valence-electron chi connectivity index (χ0n) is 10.7. The van der Waals surface area contributed by atoms with Gasteiger partial charge in [-0.05, 0) is 26.0 Å². The zero-order chi connectivity index (χ0) is 12.9. The van der Waals surface area contributed by atoms with Gasteiger partial charge in [-0.3, -0.25) is 4.79 Å². The number of aliphatic hydroxyl groups excluding tert-OH is 1. The van der Waals surface area contributed by atoms with Crippen LogP contribution in [0.4, 0.5) is 0 Å². The van der Waals surface area contributed by atoms with Gasteiger partial charge in [0.05, 0.1) is 12.1 Å². The van der Waals surface area contributed by atoms with E-state index >= 15 is 0 Å². The molecule has 1 fully saturated rings. The van der Waals surface area contributed by atoms with Crippen LogP contribution in [0, 0.1) is 0 Å². The Hall–Kier alpha value is -0.260. The molecule has 4 N–H and O–H groups in total. The number of nitrogens with two attached hydrogens (primary N) is 1. The van der Waals surface area contributed by atoms with Gasteiger partial charge in [-0.1, -0.05) is 19.3 Å². The Labute approximate surface area is 108 Å². The van der Waals surface area contributed by atoms with Crippen molar-refractivity contribution in [2.45, 2.75) is 55.9 Å². The SMILES string of the molecule is CSC(CO)C(C)NC(=O)C1(N)CCCCC1. The first-order valence-corrected chi connectivity index (χ1v) is 7.56. The summed E-state index contributed by atoms with van der Waals surface area (Å²) in [4.78, 5) is 12.1. The first kappa shape index (κ1) is 14.8. The number of thioether (sulfide) groups is 1. The van der Waals surface area contributed by atoms with Gasteiger partial charge >= 0.3 is 0 Å². The summed E-state index contributed by atoms with van der Waals surface area (Å²) in [6, 6.07) is -0.0511. The maximum atomic E-state index is 12.1. The van der Waals surface area contributed by atoms with Crippen molar-refractivity contribution in [2.24, 2.45) is 5.73 Å². The zero-order valence-corrected chi connectivity index (χ0v) is 11.6. The van der Waals surface area contributed by atoms with Crippen LogP contribution in [0.3, 0.4) is 0 Å². The van der Waals surface area contributed by atoms with Gasteiger partial charge in [0.2, 0.25) is 5.91 Å². The maximum absolute atomic E-state index is 12.1. The van der Waals surface area contributed by atoms with E-state index in [9.17, 15) is 9.90 Å². The Morgan fingerprint density at radius 2 is 2.06 bits per heavy atom. The van der Waals surface area contributed by atoms with Gasteiger partial charge < -0.3 is 16.2 Å². The lowest BCUT2D eigenvalue weighted by molar-refractivity contribution is -0.128. The number of nitrogens with one attached hydrogen (secondary N) is 1.